The molecule has 1 saturated carbocycles. The summed E-state index contributed by atoms with van der Waals surface area (Å²) >= 11 is 0. The van der Waals surface area contributed by atoms with E-state index in [-0.39, 0.29) is 5.56 Å². The Balaban J connectivity index is 1.73. The van der Waals surface area contributed by atoms with Gasteiger partial charge >= 0.3 is 5.97 Å². The predicted octanol–water partition coefficient (Wildman–Crippen LogP) is 4.38. The normalized spacial score (nSPS) is 13.9. The third-order valence-electron chi connectivity index (χ3n) is 5.35. The molecule has 0 radical (unpaired) electrons. The highest BCUT2D eigenvalue weighted by Crippen LogP contribution is 2.36. The molecule has 0 atom stereocenters. The van der Waals surface area contributed by atoms with Crippen LogP contribution in [0.3, 0.4) is 0 Å². The molecule has 2 aromatic carbocycles. The number of nitrogens with zero attached hydrogens (tertiary/aromatic N) is 3. The van der Waals surface area contributed by atoms with Crippen molar-refractivity contribution in [2.24, 2.45) is 0 Å². The summed E-state index contributed by atoms with van der Waals surface area (Å²) in [4.78, 5) is 26.6. The Kier molecular flexibility index (Phi) is 3.62. The summed E-state index contributed by atoms with van der Waals surface area (Å²) in [7, 11) is 2.04. The number of hydrogen-bond acceptors (Lipinski definition) is 4. The van der Waals surface area contributed by atoms with E-state index in [9.17, 15) is 9.90 Å². The largest absolute Gasteiger partial charge is 0.478 e. The van der Waals surface area contributed by atoms with E-state index in [1.165, 1.54) is 0 Å². The van der Waals surface area contributed by atoms with Crippen LogP contribution in [0.2, 0.25) is 0 Å². The molecule has 1 aliphatic rings. The van der Waals surface area contributed by atoms with Crippen molar-refractivity contribution < 1.29 is 9.90 Å². The molecule has 0 unspecified atom stereocenters. The average Bonchev–Trinajstić information content (AvgIpc) is 3.46. The lowest BCUT2D eigenvalue weighted by atomic mass is 10.1. The van der Waals surface area contributed by atoms with Gasteiger partial charge in [0.25, 0.3) is 0 Å². The van der Waals surface area contributed by atoms with Gasteiger partial charge < -0.3 is 15.0 Å². The number of anilines is 1. The topological polar surface area (TPSA) is 82.1 Å². The van der Waals surface area contributed by atoms with Crippen LogP contribution in [0.15, 0.2) is 42.5 Å². The molecule has 1 fully saturated rings. The zero-order valence-corrected chi connectivity index (χ0v) is 15.7. The monoisotopic (exact) mass is 372 g/mol. The van der Waals surface area contributed by atoms with Gasteiger partial charge in [0.1, 0.15) is 5.69 Å². The summed E-state index contributed by atoms with van der Waals surface area (Å²) in [5.41, 5.74) is 5.56. The van der Waals surface area contributed by atoms with Crippen LogP contribution >= 0.6 is 0 Å². The van der Waals surface area contributed by atoms with Crippen molar-refractivity contribution in [2.75, 3.05) is 11.9 Å². The minimum absolute atomic E-state index is 0.221. The molecule has 6 heteroatoms. The summed E-state index contributed by atoms with van der Waals surface area (Å²) in [6, 6.07) is 13.7. The number of aromatic nitrogens is 3. The lowest BCUT2D eigenvalue weighted by Crippen LogP contribution is -2.22. The molecule has 5 rings (SSSR count). The number of aryl methyl sites for hydroxylation is 1. The minimum Gasteiger partial charge on any atom is -0.478 e. The predicted molar refractivity (Wildman–Crippen MR) is 110 cm³/mol. The van der Waals surface area contributed by atoms with E-state index in [0.717, 1.165) is 46.5 Å². The SMILES string of the molecule is Cc1cc2cc(-c3nc4ccc(C(=O)O)cc4nc3N(C)C3CC3)ccc2[nH]1. The molecule has 140 valence electrons. The molecule has 4 aromatic rings. The Morgan fingerprint density at radius 2 is 1.93 bits per heavy atom. The number of carboxylic acid groups (broad SMARTS) is 1. The first-order chi connectivity index (χ1) is 13.5. The molecular weight excluding hydrogens is 352 g/mol. The third-order valence-corrected chi connectivity index (χ3v) is 5.35. The van der Waals surface area contributed by atoms with Crippen LogP contribution in [-0.2, 0) is 0 Å². The summed E-state index contributed by atoms with van der Waals surface area (Å²) in [6.45, 7) is 2.04. The second-order valence-electron chi connectivity index (χ2n) is 7.50. The average molecular weight is 372 g/mol. The Labute approximate surface area is 161 Å². The van der Waals surface area contributed by atoms with Gasteiger partial charge in [-0.1, -0.05) is 6.07 Å². The highest BCUT2D eigenvalue weighted by molar-refractivity contribution is 5.94. The first-order valence-corrected chi connectivity index (χ1v) is 9.37. The van der Waals surface area contributed by atoms with Crippen molar-refractivity contribution >= 4 is 33.7 Å². The molecular formula is C22H20N4O2. The third kappa shape index (κ3) is 2.78. The van der Waals surface area contributed by atoms with E-state index in [1.807, 2.05) is 14.0 Å². The fourth-order valence-electron chi connectivity index (χ4n) is 3.68. The van der Waals surface area contributed by atoms with Crippen LogP contribution in [0.5, 0.6) is 0 Å². The van der Waals surface area contributed by atoms with Crippen LogP contribution in [0, 0.1) is 6.92 Å². The number of nitrogens with one attached hydrogen (secondary N) is 1. The van der Waals surface area contributed by atoms with Crippen LogP contribution in [0.4, 0.5) is 5.82 Å². The first kappa shape index (κ1) is 16.7. The summed E-state index contributed by atoms with van der Waals surface area (Å²) in [5.74, 6) is -0.165. The molecule has 0 bridgehead atoms. The van der Waals surface area contributed by atoms with Crippen molar-refractivity contribution in [1.29, 1.82) is 0 Å². The lowest BCUT2D eigenvalue weighted by Gasteiger charge is -2.21. The van der Waals surface area contributed by atoms with E-state index in [2.05, 4.69) is 34.1 Å². The van der Waals surface area contributed by atoms with Crippen molar-refractivity contribution in [1.82, 2.24) is 15.0 Å². The van der Waals surface area contributed by atoms with Crippen LogP contribution < -0.4 is 4.90 Å². The van der Waals surface area contributed by atoms with Crippen molar-refractivity contribution in [3.05, 3.63) is 53.7 Å². The van der Waals surface area contributed by atoms with Crippen molar-refractivity contribution in [3.63, 3.8) is 0 Å². The second-order valence-corrected chi connectivity index (χ2v) is 7.50. The first-order valence-electron chi connectivity index (χ1n) is 9.37. The molecule has 2 aromatic heterocycles. The van der Waals surface area contributed by atoms with Crippen LogP contribution in [0.25, 0.3) is 33.2 Å². The zero-order valence-electron chi connectivity index (χ0n) is 15.7. The van der Waals surface area contributed by atoms with E-state index >= 15 is 0 Å². The van der Waals surface area contributed by atoms with Crippen molar-refractivity contribution in [2.45, 2.75) is 25.8 Å². The number of benzene rings is 2. The molecule has 2 heterocycles. The Bertz CT molecular complexity index is 1240. The molecule has 1 aliphatic carbocycles. The molecule has 28 heavy (non-hydrogen) atoms. The van der Waals surface area contributed by atoms with Gasteiger partial charge in [-0.25, -0.2) is 14.8 Å². The van der Waals surface area contributed by atoms with E-state index < -0.39 is 5.97 Å². The summed E-state index contributed by atoms with van der Waals surface area (Å²) in [6.07, 6.45) is 2.28. The van der Waals surface area contributed by atoms with Crippen LogP contribution in [0.1, 0.15) is 28.9 Å². The van der Waals surface area contributed by atoms with Gasteiger partial charge in [0.2, 0.25) is 0 Å². The molecule has 2 N–H and O–H groups in total. The maximum Gasteiger partial charge on any atom is 0.335 e. The smallest absolute Gasteiger partial charge is 0.335 e. The highest BCUT2D eigenvalue weighted by atomic mass is 16.4. The number of aromatic amines is 1. The van der Waals surface area contributed by atoms with Crippen molar-refractivity contribution in [3.8, 4) is 11.3 Å². The molecule has 0 spiro atoms. The second kappa shape index (κ2) is 6.05. The van der Waals surface area contributed by atoms with Gasteiger partial charge in [-0.15, -0.1) is 0 Å². The lowest BCUT2D eigenvalue weighted by molar-refractivity contribution is 0.0697. The number of H-pyrrole nitrogens is 1. The van der Waals surface area contributed by atoms with Gasteiger partial charge in [0.15, 0.2) is 5.82 Å². The molecule has 0 saturated heterocycles. The quantitative estimate of drug-likeness (QED) is 0.555. The number of rotatable bonds is 4. The number of carbonyl (C=O) groups is 1. The van der Waals surface area contributed by atoms with E-state index in [4.69, 9.17) is 9.97 Å². The molecule has 6 nitrogen and oxygen atoms in total. The fraction of sp³-hybridized carbons (Fsp3) is 0.227. The maximum atomic E-state index is 11.3. The standard InChI is InChI=1S/C22H20N4O2/c1-12-9-15-10-13(3-7-17(15)23-12)20-21(26(2)16-5-6-16)25-19-11-14(22(27)28)4-8-18(19)24-20/h3-4,7-11,16,23H,5-6H2,1-2H3,(H,27,28). The summed E-state index contributed by atoms with van der Waals surface area (Å²) in [5, 5.41) is 10.4. The Morgan fingerprint density at radius 3 is 2.68 bits per heavy atom. The Hall–Kier alpha value is -3.41. The van der Waals surface area contributed by atoms with Gasteiger partial charge in [-0.05, 0) is 56.2 Å². The molecule has 0 aliphatic heterocycles. The van der Waals surface area contributed by atoms with Crippen LogP contribution in [-0.4, -0.2) is 39.1 Å². The fourth-order valence-corrected chi connectivity index (χ4v) is 3.68. The zero-order chi connectivity index (χ0) is 19.4. The van der Waals surface area contributed by atoms with Gasteiger partial charge in [0.05, 0.1) is 16.6 Å². The molecule has 0 amide bonds. The Morgan fingerprint density at radius 1 is 1.11 bits per heavy atom. The highest BCUT2D eigenvalue weighted by Gasteiger charge is 2.29. The number of carboxylic acids is 1. The van der Waals surface area contributed by atoms with E-state index in [1.54, 1.807) is 18.2 Å². The van der Waals surface area contributed by atoms with Gasteiger partial charge in [0, 0.05) is 35.2 Å². The summed E-state index contributed by atoms with van der Waals surface area (Å²) < 4.78 is 0. The maximum absolute atomic E-state index is 11.3. The number of hydrogen-bond donors (Lipinski definition) is 2. The van der Waals surface area contributed by atoms with Gasteiger partial charge in [-0.2, -0.15) is 0 Å². The number of fused-ring (bicyclic) bond motifs is 2. The van der Waals surface area contributed by atoms with Gasteiger partial charge in [-0.3, -0.25) is 0 Å². The van der Waals surface area contributed by atoms with E-state index in [0.29, 0.717) is 17.1 Å². The number of aromatic carboxylic acids is 1. The minimum atomic E-state index is -0.960.